The van der Waals surface area contributed by atoms with Crippen LogP contribution in [0.4, 0.5) is 0 Å². The molecule has 1 heterocycles. The lowest BCUT2D eigenvalue weighted by Crippen LogP contribution is -2.33. The molecule has 5 aromatic carbocycles. The Morgan fingerprint density at radius 3 is 1.16 bits per heavy atom. The largest absolute Gasteiger partial charge is 0.486 e. The summed E-state index contributed by atoms with van der Waals surface area (Å²) in [7, 11) is -0.513. The molecule has 4 nitrogen and oxygen atoms in total. The SMILES string of the molecule is C(=C\c1ccccc1)/B1O[C@H](COC(c2ccccc2)c2ccccc2)[C@@H](COC(c2ccccc2)c2ccccc2)O1. The van der Waals surface area contributed by atoms with Gasteiger partial charge >= 0.3 is 7.12 Å². The Hall–Kier alpha value is -4.26. The lowest BCUT2D eigenvalue weighted by Gasteiger charge is -2.25. The third-order valence-corrected chi connectivity index (χ3v) is 7.54. The van der Waals surface area contributed by atoms with Crippen molar-refractivity contribution in [1.82, 2.24) is 0 Å². The molecule has 0 bridgehead atoms. The van der Waals surface area contributed by atoms with E-state index in [1.54, 1.807) is 0 Å². The van der Waals surface area contributed by atoms with Gasteiger partial charge in [0.2, 0.25) is 0 Å². The molecule has 1 saturated heterocycles. The van der Waals surface area contributed by atoms with E-state index in [1.807, 2.05) is 103 Å². The summed E-state index contributed by atoms with van der Waals surface area (Å²) in [5.41, 5.74) is 5.45. The van der Waals surface area contributed by atoms with Crippen molar-refractivity contribution in [2.24, 2.45) is 0 Å². The third kappa shape index (κ3) is 7.78. The normalized spacial score (nSPS) is 16.8. The Balaban J connectivity index is 1.22. The highest BCUT2D eigenvalue weighted by atomic mass is 16.7. The number of ether oxygens (including phenoxy) is 2. The molecule has 1 fully saturated rings. The highest BCUT2D eigenvalue weighted by Gasteiger charge is 2.39. The monoisotopic (exact) mass is 566 g/mol. The fourth-order valence-electron chi connectivity index (χ4n) is 5.35. The molecule has 0 radical (unpaired) electrons. The van der Waals surface area contributed by atoms with Crippen LogP contribution in [-0.2, 0) is 18.8 Å². The zero-order chi connectivity index (χ0) is 29.1. The molecule has 5 aromatic rings. The Kier molecular flexibility index (Phi) is 9.91. The van der Waals surface area contributed by atoms with Crippen LogP contribution in [0, 0.1) is 0 Å². The second-order valence-corrected chi connectivity index (χ2v) is 10.6. The van der Waals surface area contributed by atoms with Gasteiger partial charge in [-0.25, -0.2) is 0 Å². The van der Waals surface area contributed by atoms with Gasteiger partial charge in [0, 0.05) is 0 Å². The standard InChI is InChI=1S/C38H35BO4/c1-6-16-30(17-7-1)26-27-39-42-35(28-40-37(31-18-8-2-9-19-31)32-20-10-3-11-21-32)36(43-39)29-41-38(33-22-12-4-13-23-33)34-24-14-5-15-25-34/h1-27,35-38H,28-29H2/b27-26+/t35-,36-/m1/s1. The minimum absolute atomic E-state index is 0.229. The van der Waals surface area contributed by atoms with Crippen molar-refractivity contribution >= 4 is 13.2 Å². The van der Waals surface area contributed by atoms with Gasteiger partial charge in [-0.1, -0.05) is 164 Å². The molecule has 0 spiro atoms. The van der Waals surface area contributed by atoms with Crippen molar-refractivity contribution < 1.29 is 18.8 Å². The summed E-state index contributed by atoms with van der Waals surface area (Å²) in [6.07, 6.45) is 0.917. The van der Waals surface area contributed by atoms with E-state index in [1.165, 1.54) is 0 Å². The Morgan fingerprint density at radius 1 is 0.488 bits per heavy atom. The zero-order valence-corrected chi connectivity index (χ0v) is 24.0. The van der Waals surface area contributed by atoms with Gasteiger partial charge in [0.05, 0.1) is 25.4 Å². The van der Waals surface area contributed by atoms with E-state index in [2.05, 4.69) is 60.7 Å². The summed E-state index contributed by atoms with van der Waals surface area (Å²) in [5.74, 6) is 1.96. The van der Waals surface area contributed by atoms with Gasteiger partial charge in [0.15, 0.2) is 0 Å². The van der Waals surface area contributed by atoms with Crippen LogP contribution >= 0.6 is 0 Å². The lowest BCUT2D eigenvalue weighted by atomic mass is 9.89. The average Bonchev–Trinajstić information content (AvgIpc) is 3.48. The van der Waals surface area contributed by atoms with Crippen LogP contribution < -0.4 is 0 Å². The average molecular weight is 567 g/mol. The van der Waals surface area contributed by atoms with E-state index in [0.717, 1.165) is 27.8 Å². The summed E-state index contributed by atoms with van der Waals surface area (Å²) in [5, 5.41) is 0. The quantitative estimate of drug-likeness (QED) is 0.143. The minimum atomic E-state index is -0.513. The molecule has 2 atom stereocenters. The van der Waals surface area contributed by atoms with Crippen molar-refractivity contribution in [3.63, 3.8) is 0 Å². The lowest BCUT2D eigenvalue weighted by molar-refractivity contribution is -0.0321. The van der Waals surface area contributed by atoms with E-state index in [-0.39, 0.29) is 24.4 Å². The highest BCUT2D eigenvalue weighted by Crippen LogP contribution is 2.30. The van der Waals surface area contributed by atoms with Crippen LogP contribution in [0.5, 0.6) is 0 Å². The number of hydrogen-bond donors (Lipinski definition) is 0. The third-order valence-electron chi connectivity index (χ3n) is 7.54. The second kappa shape index (κ2) is 14.8. The predicted molar refractivity (Wildman–Crippen MR) is 172 cm³/mol. The molecular formula is C38H35BO4. The first-order valence-corrected chi connectivity index (χ1v) is 14.8. The number of benzene rings is 5. The van der Waals surface area contributed by atoms with Gasteiger partial charge in [-0.3, -0.25) is 0 Å². The summed E-state index contributed by atoms with van der Waals surface area (Å²) in [6.45, 7) is 0.693. The van der Waals surface area contributed by atoms with Gasteiger partial charge in [-0.05, 0) is 27.8 Å². The van der Waals surface area contributed by atoms with Crippen LogP contribution in [0.15, 0.2) is 158 Å². The van der Waals surface area contributed by atoms with E-state index in [0.29, 0.717) is 13.2 Å². The van der Waals surface area contributed by atoms with Crippen LogP contribution in [-0.4, -0.2) is 32.5 Å². The van der Waals surface area contributed by atoms with Crippen LogP contribution in [0.25, 0.3) is 6.08 Å². The van der Waals surface area contributed by atoms with Crippen molar-refractivity contribution in [1.29, 1.82) is 0 Å². The maximum absolute atomic E-state index is 6.63. The van der Waals surface area contributed by atoms with E-state index in [4.69, 9.17) is 18.8 Å². The summed E-state index contributed by atoms with van der Waals surface area (Å²) in [4.78, 5) is 0. The minimum Gasteiger partial charge on any atom is -0.400 e. The topological polar surface area (TPSA) is 36.9 Å². The van der Waals surface area contributed by atoms with Gasteiger partial charge < -0.3 is 18.8 Å². The summed E-state index contributed by atoms with van der Waals surface area (Å²) >= 11 is 0. The molecule has 0 unspecified atom stereocenters. The second-order valence-electron chi connectivity index (χ2n) is 10.6. The smallest absolute Gasteiger partial charge is 0.400 e. The van der Waals surface area contributed by atoms with Crippen molar-refractivity contribution in [3.05, 3.63) is 185 Å². The van der Waals surface area contributed by atoms with Crippen molar-refractivity contribution in [2.75, 3.05) is 13.2 Å². The zero-order valence-electron chi connectivity index (χ0n) is 24.0. The van der Waals surface area contributed by atoms with Crippen molar-refractivity contribution in [3.8, 4) is 0 Å². The number of rotatable bonds is 12. The molecule has 1 aliphatic rings. The van der Waals surface area contributed by atoms with E-state index < -0.39 is 7.12 Å². The first-order valence-electron chi connectivity index (χ1n) is 14.8. The van der Waals surface area contributed by atoms with Crippen LogP contribution in [0.3, 0.4) is 0 Å². The molecular weight excluding hydrogens is 531 g/mol. The van der Waals surface area contributed by atoms with E-state index in [9.17, 15) is 0 Å². The molecule has 43 heavy (non-hydrogen) atoms. The first-order chi connectivity index (χ1) is 21.3. The molecule has 214 valence electrons. The van der Waals surface area contributed by atoms with Crippen molar-refractivity contribution in [2.45, 2.75) is 24.4 Å². The fraction of sp³-hybridized carbons (Fsp3) is 0.158. The molecule has 0 saturated carbocycles. The molecule has 0 aliphatic carbocycles. The Morgan fingerprint density at radius 2 is 0.814 bits per heavy atom. The highest BCUT2D eigenvalue weighted by molar-refractivity contribution is 6.52. The predicted octanol–water partition coefficient (Wildman–Crippen LogP) is 8.12. The van der Waals surface area contributed by atoms with Crippen LogP contribution in [0.2, 0.25) is 0 Å². The molecule has 0 N–H and O–H groups in total. The molecule has 6 rings (SSSR count). The molecule has 0 amide bonds. The van der Waals surface area contributed by atoms with E-state index >= 15 is 0 Å². The molecule has 1 aliphatic heterocycles. The van der Waals surface area contributed by atoms with Gasteiger partial charge in [-0.2, -0.15) is 0 Å². The molecule has 5 heteroatoms. The maximum Gasteiger partial charge on any atom is 0.486 e. The Bertz CT molecular complexity index is 1360. The maximum atomic E-state index is 6.63. The van der Waals surface area contributed by atoms with Gasteiger partial charge in [0.1, 0.15) is 12.2 Å². The first kappa shape index (κ1) is 28.8. The molecule has 0 aromatic heterocycles. The summed E-state index contributed by atoms with van der Waals surface area (Å²) in [6, 6.07) is 51.3. The summed E-state index contributed by atoms with van der Waals surface area (Å²) < 4.78 is 26.2. The number of hydrogen-bond acceptors (Lipinski definition) is 4. The van der Waals surface area contributed by atoms with Gasteiger partial charge in [-0.15, -0.1) is 0 Å². The van der Waals surface area contributed by atoms with Gasteiger partial charge in [0.25, 0.3) is 0 Å². The Labute approximate surface area is 254 Å². The van der Waals surface area contributed by atoms with Crippen LogP contribution in [0.1, 0.15) is 40.0 Å². The fourth-order valence-corrected chi connectivity index (χ4v) is 5.35.